The molecular weight excluding hydrogens is 665 g/mol. The Kier molecular flexibility index (Phi) is 11.8. The Labute approximate surface area is 294 Å². The van der Waals surface area contributed by atoms with E-state index in [1.165, 1.54) is 11.9 Å². The molecule has 3 aromatic heterocycles. The van der Waals surface area contributed by atoms with Crippen LogP contribution in [0.15, 0.2) is 79.1 Å². The van der Waals surface area contributed by atoms with Crippen molar-refractivity contribution in [1.82, 2.24) is 20.3 Å². The zero-order chi connectivity index (χ0) is 34.9. The number of aromatic nitrogens is 3. The number of aryl methyl sites for hydroxylation is 2. The van der Waals surface area contributed by atoms with Crippen LogP contribution in [0.5, 0.6) is 11.5 Å². The molecular formula is C37H35Cl2N5O5. The fourth-order valence-electron chi connectivity index (χ4n) is 5.10. The van der Waals surface area contributed by atoms with E-state index in [4.69, 9.17) is 37.7 Å². The highest BCUT2D eigenvalue weighted by molar-refractivity contribution is 6.38. The third kappa shape index (κ3) is 8.90. The summed E-state index contributed by atoms with van der Waals surface area (Å²) in [4.78, 5) is 52.0. The van der Waals surface area contributed by atoms with Crippen LogP contribution in [0.25, 0.3) is 10.9 Å². The molecule has 10 nitrogen and oxygen atoms in total. The standard InChI is InChI=1S/C37H35Cl2N5O5/c1-23-19-33(48-21-25-7-4-5-18-41-25)27-8-6-9-32(36(27)43-23)49-22-28-29(38)14-16-31(35(28)39)44(3)34(46)17-13-26(45)12-10-24-11-15-30(42-20-24)37(47)40-2/h4-9,11,14-16,18-20H,10,12-13,17,21-22H2,1-3H3,(H,40,47). The second-order valence-electron chi connectivity index (χ2n) is 11.3. The quantitative estimate of drug-likeness (QED) is 0.130. The van der Waals surface area contributed by atoms with Crippen molar-refractivity contribution in [2.24, 2.45) is 0 Å². The highest BCUT2D eigenvalue weighted by Gasteiger charge is 2.20. The molecule has 0 radical (unpaired) electrons. The van der Waals surface area contributed by atoms with Crippen LogP contribution in [0, 0.1) is 6.92 Å². The zero-order valence-corrected chi connectivity index (χ0v) is 28.8. The van der Waals surface area contributed by atoms with Gasteiger partial charge in [0.15, 0.2) is 0 Å². The topological polar surface area (TPSA) is 124 Å². The van der Waals surface area contributed by atoms with Crippen molar-refractivity contribution in [3.63, 3.8) is 0 Å². The lowest BCUT2D eigenvalue weighted by molar-refractivity contribution is -0.123. The van der Waals surface area contributed by atoms with E-state index in [-0.39, 0.29) is 48.5 Å². The Hall–Kier alpha value is -5.06. The smallest absolute Gasteiger partial charge is 0.269 e. The second-order valence-corrected chi connectivity index (χ2v) is 12.1. The minimum absolute atomic E-state index is 0.0136. The van der Waals surface area contributed by atoms with E-state index in [9.17, 15) is 14.4 Å². The maximum atomic E-state index is 13.1. The molecule has 0 saturated carbocycles. The minimum Gasteiger partial charge on any atom is -0.487 e. The van der Waals surface area contributed by atoms with Gasteiger partial charge in [-0.25, -0.2) is 4.98 Å². The molecule has 3 heterocycles. The van der Waals surface area contributed by atoms with Gasteiger partial charge in [-0.2, -0.15) is 0 Å². The van der Waals surface area contributed by atoms with Gasteiger partial charge in [0.05, 0.1) is 16.4 Å². The molecule has 2 aromatic carbocycles. The van der Waals surface area contributed by atoms with Crippen LogP contribution in [0.4, 0.5) is 5.69 Å². The van der Waals surface area contributed by atoms with Gasteiger partial charge in [0, 0.05) is 73.5 Å². The monoisotopic (exact) mass is 699 g/mol. The Morgan fingerprint density at radius 3 is 2.43 bits per heavy atom. The predicted molar refractivity (Wildman–Crippen MR) is 189 cm³/mol. The first-order valence-corrected chi connectivity index (χ1v) is 16.4. The molecule has 0 atom stereocenters. The third-order valence-electron chi connectivity index (χ3n) is 7.86. The average molecular weight is 701 g/mol. The van der Waals surface area contributed by atoms with E-state index in [0.29, 0.717) is 52.0 Å². The van der Waals surface area contributed by atoms with Gasteiger partial charge in [-0.3, -0.25) is 24.4 Å². The van der Waals surface area contributed by atoms with E-state index in [2.05, 4.69) is 15.3 Å². The number of rotatable bonds is 14. The Bertz CT molecular complexity index is 1970. The number of amides is 2. The molecule has 2 amide bonds. The first-order chi connectivity index (χ1) is 23.6. The Morgan fingerprint density at radius 1 is 0.878 bits per heavy atom. The summed E-state index contributed by atoms with van der Waals surface area (Å²) in [5, 5.41) is 3.95. The number of fused-ring (bicyclic) bond motifs is 1. The summed E-state index contributed by atoms with van der Waals surface area (Å²) in [6, 6.07) is 19.8. The number of carbonyl (C=O) groups is 3. The number of Topliss-reactive ketones (excluding diaryl/α,β-unsaturated/α-hetero) is 1. The maximum Gasteiger partial charge on any atom is 0.269 e. The van der Waals surface area contributed by atoms with Crippen LogP contribution in [-0.2, 0) is 29.2 Å². The third-order valence-corrected chi connectivity index (χ3v) is 8.64. The van der Waals surface area contributed by atoms with E-state index in [1.807, 2.05) is 49.4 Å². The van der Waals surface area contributed by atoms with Crippen molar-refractivity contribution in [3.05, 3.63) is 117 Å². The lowest BCUT2D eigenvalue weighted by atomic mass is 10.1. The van der Waals surface area contributed by atoms with E-state index in [0.717, 1.165) is 22.3 Å². The number of carbonyl (C=O) groups excluding carboxylic acids is 3. The summed E-state index contributed by atoms with van der Waals surface area (Å²) in [6.07, 6.45) is 4.10. The first-order valence-electron chi connectivity index (χ1n) is 15.6. The highest BCUT2D eigenvalue weighted by atomic mass is 35.5. The van der Waals surface area contributed by atoms with E-state index < -0.39 is 0 Å². The first kappa shape index (κ1) is 35.3. The molecule has 1 N–H and O–H groups in total. The largest absolute Gasteiger partial charge is 0.487 e. The molecule has 0 spiro atoms. The van der Waals surface area contributed by atoms with Crippen LogP contribution in [0.3, 0.4) is 0 Å². The van der Waals surface area contributed by atoms with Gasteiger partial charge >= 0.3 is 0 Å². The highest BCUT2D eigenvalue weighted by Crippen LogP contribution is 2.37. The summed E-state index contributed by atoms with van der Waals surface area (Å²) in [5.74, 6) is 0.567. The van der Waals surface area contributed by atoms with E-state index in [1.54, 1.807) is 43.7 Å². The SMILES string of the molecule is CNC(=O)c1ccc(CCC(=O)CCC(=O)N(C)c2ccc(Cl)c(COc3cccc4c(OCc5ccccn5)cc(C)nc34)c2Cl)cn1. The average Bonchev–Trinajstić information content (AvgIpc) is 3.12. The summed E-state index contributed by atoms with van der Waals surface area (Å²) >= 11 is 13.4. The molecule has 0 unspecified atom stereocenters. The van der Waals surface area contributed by atoms with Gasteiger partial charge in [0.2, 0.25) is 5.91 Å². The molecule has 12 heteroatoms. The van der Waals surface area contributed by atoms with Crippen LogP contribution < -0.4 is 19.7 Å². The van der Waals surface area contributed by atoms with Crippen LogP contribution >= 0.6 is 23.2 Å². The number of pyridine rings is 3. The van der Waals surface area contributed by atoms with Crippen molar-refractivity contribution in [1.29, 1.82) is 0 Å². The van der Waals surface area contributed by atoms with Crippen LogP contribution in [0.1, 0.15) is 52.3 Å². The summed E-state index contributed by atoms with van der Waals surface area (Å²) in [5.41, 5.74) is 4.26. The number of benzene rings is 2. The summed E-state index contributed by atoms with van der Waals surface area (Å²) in [6.45, 7) is 2.20. The molecule has 5 aromatic rings. The van der Waals surface area contributed by atoms with E-state index >= 15 is 0 Å². The molecule has 0 bridgehead atoms. The van der Waals surface area contributed by atoms with Gasteiger partial charge in [-0.1, -0.05) is 41.4 Å². The van der Waals surface area contributed by atoms with Gasteiger partial charge in [-0.05, 0) is 61.4 Å². The second kappa shape index (κ2) is 16.4. The molecule has 0 aliphatic carbocycles. The summed E-state index contributed by atoms with van der Waals surface area (Å²) < 4.78 is 12.3. The fraction of sp³-hybridized carbons (Fsp3) is 0.243. The molecule has 5 rings (SSSR count). The van der Waals surface area contributed by atoms with Crippen molar-refractivity contribution in [2.45, 2.75) is 45.8 Å². The number of ether oxygens (including phenoxy) is 2. The number of hydrogen-bond acceptors (Lipinski definition) is 8. The zero-order valence-electron chi connectivity index (χ0n) is 27.3. The molecule has 252 valence electrons. The number of hydrogen-bond donors (Lipinski definition) is 1. The molecule has 0 aliphatic rings. The summed E-state index contributed by atoms with van der Waals surface area (Å²) in [7, 11) is 3.14. The fourth-order valence-corrected chi connectivity index (χ4v) is 5.71. The van der Waals surface area contributed by atoms with Gasteiger partial charge in [0.25, 0.3) is 5.91 Å². The number of halogens is 2. The molecule has 49 heavy (non-hydrogen) atoms. The lowest BCUT2D eigenvalue weighted by Gasteiger charge is -2.21. The molecule has 0 aliphatic heterocycles. The van der Waals surface area contributed by atoms with Crippen molar-refractivity contribution >= 4 is 57.4 Å². The minimum atomic E-state index is -0.277. The van der Waals surface area contributed by atoms with Gasteiger partial charge < -0.3 is 19.7 Å². The van der Waals surface area contributed by atoms with Crippen molar-refractivity contribution in [3.8, 4) is 11.5 Å². The molecule has 0 saturated heterocycles. The number of anilines is 1. The van der Waals surface area contributed by atoms with Gasteiger partial charge in [-0.15, -0.1) is 0 Å². The van der Waals surface area contributed by atoms with Gasteiger partial charge in [0.1, 0.15) is 41.7 Å². The maximum absolute atomic E-state index is 13.1. The van der Waals surface area contributed by atoms with Crippen molar-refractivity contribution < 1.29 is 23.9 Å². The normalized spacial score (nSPS) is 10.9. The predicted octanol–water partition coefficient (Wildman–Crippen LogP) is 7.10. The number of nitrogens with zero attached hydrogens (tertiary/aromatic N) is 4. The van der Waals surface area contributed by atoms with Crippen LogP contribution in [0.2, 0.25) is 10.0 Å². The number of nitrogens with one attached hydrogen (secondary N) is 1. The lowest BCUT2D eigenvalue weighted by Crippen LogP contribution is -2.27. The van der Waals surface area contributed by atoms with Crippen LogP contribution in [-0.4, -0.2) is 46.6 Å². The Balaban J connectivity index is 1.21. The number of para-hydroxylation sites is 1. The Morgan fingerprint density at radius 2 is 1.69 bits per heavy atom. The van der Waals surface area contributed by atoms with Crippen molar-refractivity contribution in [2.75, 3.05) is 19.0 Å². The number of ketones is 1. The molecule has 0 fully saturated rings.